The molecule has 3 rings (SSSR count). The molecule has 0 saturated carbocycles. The summed E-state index contributed by atoms with van der Waals surface area (Å²) in [5, 5.41) is 3.45. The number of amides is 1. The Hall–Kier alpha value is -2.60. The van der Waals surface area contributed by atoms with Gasteiger partial charge in [-0.25, -0.2) is 0 Å². The third kappa shape index (κ3) is 4.14. The van der Waals surface area contributed by atoms with Gasteiger partial charge < -0.3 is 19.9 Å². The Balaban J connectivity index is 1.81. The molecule has 0 atom stereocenters. The van der Waals surface area contributed by atoms with E-state index in [-0.39, 0.29) is 5.91 Å². The first-order chi connectivity index (χ1) is 12.7. The monoisotopic (exact) mass is 354 g/mol. The molecule has 138 valence electrons. The minimum atomic E-state index is -0.0416. The van der Waals surface area contributed by atoms with Crippen LogP contribution in [0.4, 0.5) is 17.1 Å². The molecule has 2 aromatic rings. The molecule has 1 amide bonds. The van der Waals surface area contributed by atoms with Gasteiger partial charge in [0.2, 0.25) is 0 Å². The fourth-order valence-corrected chi connectivity index (χ4v) is 3.11. The van der Waals surface area contributed by atoms with Crippen molar-refractivity contribution in [3.8, 4) is 0 Å². The molecule has 0 spiro atoms. The quantitative estimate of drug-likeness (QED) is 0.864. The Morgan fingerprint density at radius 1 is 1.19 bits per heavy atom. The van der Waals surface area contributed by atoms with Crippen LogP contribution in [-0.2, 0) is 4.74 Å². The number of aromatic nitrogens is 1. The minimum Gasteiger partial charge on any atom is -0.378 e. The molecule has 1 aromatic carbocycles. The Morgan fingerprint density at radius 2 is 1.92 bits per heavy atom. The molecule has 0 bridgehead atoms. The summed E-state index contributed by atoms with van der Waals surface area (Å²) in [6.07, 6.45) is 1.68. The smallest absolute Gasteiger partial charge is 0.272 e. The molecule has 1 fully saturated rings. The molecular weight excluding hydrogens is 328 g/mol. The Kier molecular flexibility index (Phi) is 6.07. The highest BCUT2D eigenvalue weighted by Gasteiger charge is 2.16. The lowest BCUT2D eigenvalue weighted by Crippen LogP contribution is -2.36. The standard InChI is InChI=1S/C20H26N4O2/c1-3-23(4-2)20(25)18-15-16(9-10-21-18)22-17-7-5-6-8-19(17)24-11-13-26-14-12-24/h5-10,15H,3-4,11-14H2,1-2H3,(H,21,22). The van der Waals surface area contributed by atoms with Crippen LogP contribution in [0, 0.1) is 0 Å². The van der Waals surface area contributed by atoms with Gasteiger partial charge >= 0.3 is 0 Å². The molecule has 1 saturated heterocycles. The van der Waals surface area contributed by atoms with Gasteiger partial charge in [0.25, 0.3) is 5.91 Å². The van der Waals surface area contributed by atoms with Crippen molar-refractivity contribution in [2.24, 2.45) is 0 Å². The Labute approximate surface area is 154 Å². The van der Waals surface area contributed by atoms with E-state index in [0.29, 0.717) is 18.8 Å². The number of morpholine rings is 1. The Bertz CT molecular complexity index is 740. The first-order valence-electron chi connectivity index (χ1n) is 9.17. The van der Waals surface area contributed by atoms with Crippen molar-refractivity contribution in [3.05, 3.63) is 48.3 Å². The number of hydrogen-bond donors (Lipinski definition) is 1. The summed E-state index contributed by atoms with van der Waals surface area (Å²) in [6.45, 7) is 8.53. The van der Waals surface area contributed by atoms with Crippen molar-refractivity contribution in [3.63, 3.8) is 0 Å². The van der Waals surface area contributed by atoms with E-state index in [0.717, 1.165) is 43.4 Å². The van der Waals surface area contributed by atoms with Crippen molar-refractivity contribution >= 4 is 23.0 Å². The van der Waals surface area contributed by atoms with Gasteiger partial charge in [0.15, 0.2) is 0 Å². The van der Waals surface area contributed by atoms with Crippen molar-refractivity contribution in [1.29, 1.82) is 0 Å². The van der Waals surface area contributed by atoms with Crippen LogP contribution in [0.2, 0.25) is 0 Å². The van der Waals surface area contributed by atoms with Gasteiger partial charge in [-0.15, -0.1) is 0 Å². The lowest BCUT2D eigenvalue weighted by atomic mass is 10.2. The minimum absolute atomic E-state index is 0.0416. The van der Waals surface area contributed by atoms with E-state index < -0.39 is 0 Å². The van der Waals surface area contributed by atoms with E-state index in [4.69, 9.17) is 4.74 Å². The van der Waals surface area contributed by atoms with Crippen molar-refractivity contribution in [1.82, 2.24) is 9.88 Å². The first-order valence-corrected chi connectivity index (χ1v) is 9.17. The maximum atomic E-state index is 12.5. The highest BCUT2D eigenvalue weighted by molar-refractivity contribution is 5.93. The zero-order chi connectivity index (χ0) is 18.4. The lowest BCUT2D eigenvalue weighted by Gasteiger charge is -2.30. The summed E-state index contributed by atoms with van der Waals surface area (Å²) in [4.78, 5) is 20.9. The highest BCUT2D eigenvalue weighted by atomic mass is 16.5. The summed E-state index contributed by atoms with van der Waals surface area (Å²) in [5.74, 6) is -0.0416. The average molecular weight is 354 g/mol. The lowest BCUT2D eigenvalue weighted by molar-refractivity contribution is 0.0767. The van der Waals surface area contributed by atoms with Crippen LogP contribution in [-0.4, -0.2) is 55.2 Å². The summed E-state index contributed by atoms with van der Waals surface area (Å²) < 4.78 is 5.45. The SMILES string of the molecule is CCN(CC)C(=O)c1cc(Nc2ccccc2N2CCOCC2)ccn1. The number of benzene rings is 1. The molecule has 6 heteroatoms. The maximum Gasteiger partial charge on any atom is 0.272 e. The van der Waals surface area contributed by atoms with E-state index in [1.807, 2.05) is 38.1 Å². The van der Waals surface area contributed by atoms with Gasteiger partial charge in [-0.05, 0) is 38.1 Å². The number of pyridine rings is 1. The van der Waals surface area contributed by atoms with Gasteiger partial charge in [-0.1, -0.05) is 12.1 Å². The van der Waals surface area contributed by atoms with Crippen LogP contribution in [0.5, 0.6) is 0 Å². The number of rotatable bonds is 6. The number of ether oxygens (including phenoxy) is 1. The second-order valence-electron chi connectivity index (χ2n) is 6.15. The van der Waals surface area contributed by atoms with Crippen LogP contribution in [0.1, 0.15) is 24.3 Å². The number of nitrogens with one attached hydrogen (secondary N) is 1. The number of anilines is 3. The molecule has 2 heterocycles. The van der Waals surface area contributed by atoms with E-state index in [2.05, 4.69) is 27.3 Å². The zero-order valence-corrected chi connectivity index (χ0v) is 15.4. The fraction of sp³-hybridized carbons (Fsp3) is 0.400. The van der Waals surface area contributed by atoms with Crippen LogP contribution < -0.4 is 10.2 Å². The number of para-hydroxylation sites is 2. The van der Waals surface area contributed by atoms with E-state index >= 15 is 0 Å². The first kappa shape index (κ1) is 18.2. The predicted octanol–water partition coefficient (Wildman–Crippen LogP) is 3.14. The van der Waals surface area contributed by atoms with E-state index in [1.165, 1.54) is 0 Å². The van der Waals surface area contributed by atoms with Gasteiger partial charge in [-0.2, -0.15) is 0 Å². The second kappa shape index (κ2) is 8.67. The fourth-order valence-electron chi connectivity index (χ4n) is 3.11. The third-order valence-electron chi connectivity index (χ3n) is 4.56. The van der Waals surface area contributed by atoms with Crippen molar-refractivity contribution in [2.45, 2.75) is 13.8 Å². The van der Waals surface area contributed by atoms with E-state index in [1.54, 1.807) is 11.1 Å². The molecule has 1 aliphatic heterocycles. The predicted molar refractivity (Wildman–Crippen MR) is 104 cm³/mol. The van der Waals surface area contributed by atoms with Gasteiger partial charge in [0.1, 0.15) is 5.69 Å². The average Bonchev–Trinajstić information content (AvgIpc) is 2.70. The van der Waals surface area contributed by atoms with Gasteiger partial charge in [-0.3, -0.25) is 9.78 Å². The molecule has 1 N–H and O–H groups in total. The second-order valence-corrected chi connectivity index (χ2v) is 6.15. The topological polar surface area (TPSA) is 57.7 Å². The van der Waals surface area contributed by atoms with Crippen LogP contribution >= 0.6 is 0 Å². The van der Waals surface area contributed by atoms with Crippen LogP contribution in [0.15, 0.2) is 42.6 Å². The number of carbonyl (C=O) groups is 1. The summed E-state index contributed by atoms with van der Waals surface area (Å²) >= 11 is 0. The van der Waals surface area contributed by atoms with Crippen LogP contribution in [0.3, 0.4) is 0 Å². The molecule has 1 aliphatic rings. The van der Waals surface area contributed by atoms with Crippen molar-refractivity contribution in [2.75, 3.05) is 49.6 Å². The number of hydrogen-bond acceptors (Lipinski definition) is 5. The molecule has 1 aromatic heterocycles. The third-order valence-corrected chi connectivity index (χ3v) is 4.56. The molecule has 6 nitrogen and oxygen atoms in total. The summed E-state index contributed by atoms with van der Waals surface area (Å²) in [7, 11) is 0. The molecule has 0 unspecified atom stereocenters. The van der Waals surface area contributed by atoms with Crippen molar-refractivity contribution < 1.29 is 9.53 Å². The van der Waals surface area contributed by atoms with Gasteiger partial charge in [0, 0.05) is 38.1 Å². The molecule has 26 heavy (non-hydrogen) atoms. The van der Waals surface area contributed by atoms with Crippen LogP contribution in [0.25, 0.3) is 0 Å². The molecule has 0 aliphatic carbocycles. The largest absolute Gasteiger partial charge is 0.378 e. The van der Waals surface area contributed by atoms with Gasteiger partial charge in [0.05, 0.1) is 24.6 Å². The number of carbonyl (C=O) groups excluding carboxylic acids is 1. The highest BCUT2D eigenvalue weighted by Crippen LogP contribution is 2.29. The Morgan fingerprint density at radius 3 is 2.65 bits per heavy atom. The number of nitrogens with zero attached hydrogens (tertiary/aromatic N) is 3. The van der Waals surface area contributed by atoms with E-state index in [9.17, 15) is 4.79 Å². The normalized spacial score (nSPS) is 14.2. The molecular formula is C20H26N4O2. The zero-order valence-electron chi connectivity index (χ0n) is 15.4. The maximum absolute atomic E-state index is 12.5. The molecule has 0 radical (unpaired) electrons. The summed E-state index contributed by atoms with van der Waals surface area (Å²) in [6, 6.07) is 11.9. The summed E-state index contributed by atoms with van der Waals surface area (Å²) in [5.41, 5.74) is 3.48.